The number of nitriles is 1. The van der Waals surface area contributed by atoms with E-state index >= 15 is 0 Å². The number of anilines is 1. The molecule has 6 heteroatoms. The molecule has 0 spiro atoms. The standard InChI is InChI=1S/C10H10N2O3S/c1-16(14,15)12(6-7-13)10-4-2-9(8-11)3-5-10/h2-5,7H,6H2,1H3. The number of carbonyl (C=O) groups excluding carboxylic acids is 1. The predicted octanol–water partition coefficient (Wildman–Crippen LogP) is 0.523. The highest BCUT2D eigenvalue weighted by molar-refractivity contribution is 7.92. The number of rotatable bonds is 4. The number of hydrogen-bond donors (Lipinski definition) is 0. The van der Waals surface area contributed by atoms with E-state index in [1.54, 1.807) is 0 Å². The van der Waals surface area contributed by atoms with Gasteiger partial charge in [-0.3, -0.25) is 4.31 Å². The van der Waals surface area contributed by atoms with Gasteiger partial charge in [-0.2, -0.15) is 5.26 Å². The average molecular weight is 238 g/mol. The van der Waals surface area contributed by atoms with Gasteiger partial charge in [0, 0.05) is 0 Å². The quantitative estimate of drug-likeness (QED) is 0.716. The number of aldehydes is 1. The average Bonchev–Trinajstić information content (AvgIpc) is 2.25. The fourth-order valence-electron chi connectivity index (χ4n) is 1.20. The van der Waals surface area contributed by atoms with Crippen LogP contribution in [0.3, 0.4) is 0 Å². The van der Waals surface area contributed by atoms with Gasteiger partial charge in [0.15, 0.2) is 0 Å². The summed E-state index contributed by atoms with van der Waals surface area (Å²) in [5, 5.41) is 8.59. The van der Waals surface area contributed by atoms with E-state index in [1.807, 2.05) is 6.07 Å². The Bertz CT molecular complexity index is 514. The molecule has 0 bridgehead atoms. The molecule has 0 aliphatic rings. The minimum atomic E-state index is -3.48. The van der Waals surface area contributed by atoms with E-state index in [2.05, 4.69) is 0 Å². The van der Waals surface area contributed by atoms with Crippen molar-refractivity contribution in [2.45, 2.75) is 0 Å². The third-order valence-electron chi connectivity index (χ3n) is 1.93. The van der Waals surface area contributed by atoms with Gasteiger partial charge in [0.1, 0.15) is 6.29 Å². The number of carbonyl (C=O) groups is 1. The number of benzene rings is 1. The molecule has 0 saturated carbocycles. The second-order valence-electron chi connectivity index (χ2n) is 3.12. The van der Waals surface area contributed by atoms with Crippen LogP contribution in [0, 0.1) is 11.3 Å². The Morgan fingerprint density at radius 2 is 1.94 bits per heavy atom. The summed E-state index contributed by atoms with van der Waals surface area (Å²) in [5.74, 6) is 0. The molecule has 1 aromatic carbocycles. The molecule has 0 aliphatic heterocycles. The van der Waals surface area contributed by atoms with Crippen molar-refractivity contribution < 1.29 is 13.2 Å². The van der Waals surface area contributed by atoms with Crippen LogP contribution >= 0.6 is 0 Å². The SMILES string of the molecule is CS(=O)(=O)N(CC=O)c1ccc(C#N)cc1. The summed E-state index contributed by atoms with van der Waals surface area (Å²) in [4.78, 5) is 10.4. The molecule has 0 fully saturated rings. The molecule has 1 rings (SSSR count). The Balaban J connectivity index is 3.13. The monoisotopic (exact) mass is 238 g/mol. The van der Waals surface area contributed by atoms with Crippen molar-refractivity contribution in [3.05, 3.63) is 29.8 Å². The van der Waals surface area contributed by atoms with E-state index in [-0.39, 0.29) is 6.54 Å². The zero-order valence-corrected chi connectivity index (χ0v) is 9.44. The molecule has 0 amide bonds. The lowest BCUT2D eigenvalue weighted by molar-refractivity contribution is -0.106. The third kappa shape index (κ3) is 2.81. The highest BCUT2D eigenvalue weighted by Crippen LogP contribution is 2.17. The summed E-state index contributed by atoms with van der Waals surface area (Å²) in [6, 6.07) is 7.90. The summed E-state index contributed by atoms with van der Waals surface area (Å²) >= 11 is 0. The van der Waals surface area contributed by atoms with Gasteiger partial charge in [0.25, 0.3) is 0 Å². The molecular weight excluding hydrogens is 228 g/mol. The minimum Gasteiger partial charge on any atom is -0.301 e. The Morgan fingerprint density at radius 1 is 1.38 bits per heavy atom. The fourth-order valence-corrected chi connectivity index (χ4v) is 2.04. The van der Waals surface area contributed by atoms with Gasteiger partial charge < -0.3 is 4.79 Å². The van der Waals surface area contributed by atoms with Gasteiger partial charge in [-0.15, -0.1) is 0 Å². The minimum absolute atomic E-state index is 0.231. The maximum atomic E-state index is 11.4. The van der Waals surface area contributed by atoms with E-state index in [0.29, 0.717) is 17.5 Å². The van der Waals surface area contributed by atoms with Crippen molar-refractivity contribution in [1.29, 1.82) is 5.26 Å². The van der Waals surface area contributed by atoms with E-state index < -0.39 is 10.0 Å². The molecule has 0 heterocycles. The molecule has 84 valence electrons. The van der Waals surface area contributed by atoms with E-state index in [0.717, 1.165) is 10.6 Å². The Hall–Kier alpha value is -1.87. The third-order valence-corrected chi connectivity index (χ3v) is 3.09. The van der Waals surface area contributed by atoms with Crippen molar-refractivity contribution in [2.75, 3.05) is 17.1 Å². The summed E-state index contributed by atoms with van der Waals surface area (Å²) < 4.78 is 23.7. The molecule has 0 aromatic heterocycles. The van der Waals surface area contributed by atoms with Gasteiger partial charge in [0.2, 0.25) is 10.0 Å². The first-order valence-corrected chi connectivity index (χ1v) is 6.25. The maximum Gasteiger partial charge on any atom is 0.232 e. The van der Waals surface area contributed by atoms with Crippen LogP contribution in [-0.4, -0.2) is 27.5 Å². The highest BCUT2D eigenvalue weighted by Gasteiger charge is 2.16. The van der Waals surface area contributed by atoms with Crippen LogP contribution in [0.15, 0.2) is 24.3 Å². The number of sulfonamides is 1. The van der Waals surface area contributed by atoms with E-state index in [4.69, 9.17) is 5.26 Å². The second-order valence-corrected chi connectivity index (χ2v) is 5.03. The van der Waals surface area contributed by atoms with Crippen molar-refractivity contribution in [2.24, 2.45) is 0 Å². The lowest BCUT2D eigenvalue weighted by Gasteiger charge is -2.19. The molecule has 1 aromatic rings. The smallest absolute Gasteiger partial charge is 0.232 e. The lowest BCUT2D eigenvalue weighted by Crippen LogP contribution is -2.31. The van der Waals surface area contributed by atoms with Gasteiger partial charge in [0.05, 0.1) is 30.1 Å². The Morgan fingerprint density at radius 3 is 2.31 bits per heavy atom. The van der Waals surface area contributed by atoms with Gasteiger partial charge in [-0.1, -0.05) is 0 Å². The van der Waals surface area contributed by atoms with Gasteiger partial charge in [-0.25, -0.2) is 8.42 Å². The molecular formula is C10H10N2O3S. The first-order valence-electron chi connectivity index (χ1n) is 4.40. The fraction of sp³-hybridized carbons (Fsp3) is 0.200. The number of nitrogens with zero attached hydrogens (tertiary/aromatic N) is 2. The largest absolute Gasteiger partial charge is 0.301 e. The van der Waals surface area contributed by atoms with Crippen LogP contribution in [0.5, 0.6) is 0 Å². The molecule has 5 nitrogen and oxygen atoms in total. The summed E-state index contributed by atoms with van der Waals surface area (Å²) in [6.45, 7) is -0.231. The van der Waals surface area contributed by atoms with Crippen LogP contribution in [0.25, 0.3) is 0 Å². The van der Waals surface area contributed by atoms with Crippen LogP contribution in [0.4, 0.5) is 5.69 Å². The molecule has 16 heavy (non-hydrogen) atoms. The van der Waals surface area contributed by atoms with Crippen molar-refractivity contribution in [3.8, 4) is 6.07 Å². The molecule has 0 aliphatic carbocycles. The summed E-state index contributed by atoms with van der Waals surface area (Å²) in [5.41, 5.74) is 0.803. The maximum absolute atomic E-state index is 11.4. The number of hydrogen-bond acceptors (Lipinski definition) is 4. The van der Waals surface area contributed by atoms with Crippen LogP contribution in [0.2, 0.25) is 0 Å². The van der Waals surface area contributed by atoms with Crippen molar-refractivity contribution in [3.63, 3.8) is 0 Å². The molecule has 0 unspecified atom stereocenters. The van der Waals surface area contributed by atoms with Crippen LogP contribution in [0.1, 0.15) is 5.56 Å². The molecule has 0 N–H and O–H groups in total. The summed E-state index contributed by atoms with van der Waals surface area (Å²) in [6.07, 6.45) is 1.54. The second kappa shape index (κ2) is 4.77. The first-order chi connectivity index (χ1) is 7.49. The van der Waals surface area contributed by atoms with Crippen molar-refractivity contribution in [1.82, 2.24) is 0 Å². The topological polar surface area (TPSA) is 78.2 Å². The highest BCUT2D eigenvalue weighted by atomic mass is 32.2. The van der Waals surface area contributed by atoms with E-state index in [1.165, 1.54) is 24.3 Å². The van der Waals surface area contributed by atoms with Gasteiger partial charge >= 0.3 is 0 Å². The predicted molar refractivity (Wildman–Crippen MR) is 59.4 cm³/mol. The van der Waals surface area contributed by atoms with Crippen LogP contribution in [-0.2, 0) is 14.8 Å². The zero-order chi connectivity index (χ0) is 12.2. The molecule has 0 saturated heterocycles. The molecule has 0 atom stereocenters. The Labute approximate surface area is 94.0 Å². The molecule has 0 radical (unpaired) electrons. The van der Waals surface area contributed by atoms with Gasteiger partial charge in [-0.05, 0) is 24.3 Å². The van der Waals surface area contributed by atoms with E-state index in [9.17, 15) is 13.2 Å². The lowest BCUT2D eigenvalue weighted by atomic mass is 10.2. The Kier molecular flexibility index (Phi) is 3.64. The van der Waals surface area contributed by atoms with Crippen LogP contribution < -0.4 is 4.31 Å². The zero-order valence-electron chi connectivity index (χ0n) is 8.62. The normalized spacial score (nSPS) is 10.5. The first kappa shape index (κ1) is 12.2. The van der Waals surface area contributed by atoms with Crippen molar-refractivity contribution >= 4 is 22.0 Å². The summed E-state index contributed by atoms with van der Waals surface area (Å²) in [7, 11) is -3.48.